The van der Waals surface area contributed by atoms with Gasteiger partial charge in [-0.15, -0.1) is 0 Å². The predicted molar refractivity (Wildman–Crippen MR) is 106 cm³/mol. The molecule has 1 aromatic carbocycles. The molecule has 0 spiro atoms. The van der Waals surface area contributed by atoms with E-state index in [0.717, 1.165) is 17.8 Å². The Kier molecular flexibility index (Phi) is 6.56. The number of rotatable bonds is 1. The number of pyridine rings is 1. The predicted octanol–water partition coefficient (Wildman–Crippen LogP) is 6.51. The third-order valence-electron chi connectivity index (χ3n) is 3.65. The quantitative estimate of drug-likeness (QED) is 0.500. The molecule has 124 valence electrons. The zero-order valence-corrected chi connectivity index (χ0v) is 15.0. The van der Waals surface area contributed by atoms with Crippen molar-refractivity contribution in [1.29, 1.82) is 0 Å². The minimum Gasteiger partial charge on any atom is -0.294 e. The highest BCUT2D eigenvalue weighted by Gasteiger charge is 2.16. The maximum Gasteiger partial charge on any atom is 0.145 e. The average Bonchev–Trinajstić information content (AvgIpc) is 2.82. The lowest BCUT2D eigenvalue weighted by Crippen LogP contribution is -1.97. The van der Waals surface area contributed by atoms with Gasteiger partial charge in [0.05, 0.1) is 5.69 Å². The van der Waals surface area contributed by atoms with Crippen molar-refractivity contribution < 1.29 is 0 Å². The minimum absolute atomic E-state index is 0.977. The summed E-state index contributed by atoms with van der Waals surface area (Å²) >= 11 is 0. The molecule has 0 fully saturated rings. The van der Waals surface area contributed by atoms with Gasteiger partial charge in [-0.1, -0.05) is 64.1 Å². The number of hydrogen-bond donors (Lipinski definition) is 0. The lowest BCUT2D eigenvalue weighted by Gasteiger charge is -2.07. The van der Waals surface area contributed by atoms with Crippen molar-refractivity contribution in [1.82, 2.24) is 9.55 Å². The SMILES string of the molecule is C1=Cc2c(n(-c3ccccc3)c3ncccc23)C=CC1.CC.CC. The second kappa shape index (κ2) is 8.88. The number of hydrogen-bond acceptors (Lipinski definition) is 1. The lowest BCUT2D eigenvalue weighted by atomic mass is 10.1. The molecule has 2 heterocycles. The fraction of sp³-hybridized carbons (Fsp3) is 0.227. The van der Waals surface area contributed by atoms with Crippen LogP contribution in [0.15, 0.2) is 60.8 Å². The number of allylic oxidation sites excluding steroid dienone is 2. The van der Waals surface area contributed by atoms with Crippen LogP contribution >= 0.6 is 0 Å². The van der Waals surface area contributed by atoms with Crippen LogP contribution in [0.1, 0.15) is 45.4 Å². The van der Waals surface area contributed by atoms with Crippen molar-refractivity contribution >= 4 is 23.2 Å². The third kappa shape index (κ3) is 3.33. The number of nitrogens with zero attached hydrogens (tertiary/aromatic N) is 2. The summed E-state index contributed by atoms with van der Waals surface area (Å²) in [5.41, 5.74) is 4.63. The van der Waals surface area contributed by atoms with Crippen LogP contribution in [0.25, 0.3) is 28.9 Å². The van der Waals surface area contributed by atoms with E-state index in [-0.39, 0.29) is 0 Å². The van der Waals surface area contributed by atoms with Gasteiger partial charge >= 0.3 is 0 Å². The van der Waals surface area contributed by atoms with Crippen LogP contribution in [0, 0.1) is 0 Å². The lowest BCUT2D eigenvalue weighted by molar-refractivity contribution is 1.07. The summed E-state index contributed by atoms with van der Waals surface area (Å²) in [7, 11) is 0. The molecule has 0 amide bonds. The smallest absolute Gasteiger partial charge is 0.145 e. The first-order chi connectivity index (χ1) is 11.9. The Labute approximate surface area is 145 Å². The largest absolute Gasteiger partial charge is 0.294 e. The van der Waals surface area contributed by atoms with Gasteiger partial charge in [0.15, 0.2) is 0 Å². The molecule has 0 bridgehead atoms. The van der Waals surface area contributed by atoms with Crippen molar-refractivity contribution in [3.8, 4) is 5.69 Å². The van der Waals surface area contributed by atoms with Crippen LogP contribution in [0.4, 0.5) is 0 Å². The zero-order chi connectivity index (χ0) is 17.4. The molecule has 0 atom stereocenters. The first kappa shape index (κ1) is 17.7. The molecule has 0 radical (unpaired) electrons. The van der Waals surface area contributed by atoms with Gasteiger partial charge in [0.25, 0.3) is 0 Å². The normalized spacial score (nSPS) is 11.7. The molecule has 2 aromatic heterocycles. The highest BCUT2D eigenvalue weighted by molar-refractivity contribution is 5.93. The van der Waals surface area contributed by atoms with E-state index < -0.39 is 0 Å². The van der Waals surface area contributed by atoms with Gasteiger partial charge in [-0.05, 0) is 36.8 Å². The summed E-state index contributed by atoms with van der Waals surface area (Å²) in [6, 6.07) is 14.6. The highest BCUT2D eigenvalue weighted by Crippen LogP contribution is 2.31. The molecule has 0 aliphatic heterocycles. The molecule has 24 heavy (non-hydrogen) atoms. The van der Waals surface area contributed by atoms with Crippen LogP contribution in [-0.4, -0.2) is 9.55 Å². The number of fused-ring (bicyclic) bond motifs is 3. The van der Waals surface area contributed by atoms with E-state index in [2.05, 4.69) is 64.2 Å². The van der Waals surface area contributed by atoms with Crippen molar-refractivity contribution in [3.63, 3.8) is 0 Å². The molecule has 2 nitrogen and oxygen atoms in total. The summed E-state index contributed by atoms with van der Waals surface area (Å²) in [6.07, 6.45) is 11.6. The molecule has 1 aliphatic rings. The fourth-order valence-corrected chi connectivity index (χ4v) is 2.78. The Morgan fingerprint density at radius 3 is 2.29 bits per heavy atom. The van der Waals surface area contributed by atoms with Gasteiger partial charge in [-0.2, -0.15) is 0 Å². The Bertz CT molecular complexity index is 824. The van der Waals surface area contributed by atoms with Gasteiger partial charge in [-0.25, -0.2) is 4.98 Å². The molecule has 4 rings (SSSR count). The summed E-state index contributed by atoms with van der Waals surface area (Å²) in [6.45, 7) is 8.00. The minimum atomic E-state index is 0.977. The molecule has 2 heteroatoms. The highest BCUT2D eigenvalue weighted by atomic mass is 15.1. The van der Waals surface area contributed by atoms with Crippen LogP contribution < -0.4 is 0 Å². The summed E-state index contributed by atoms with van der Waals surface area (Å²) in [5.74, 6) is 0. The van der Waals surface area contributed by atoms with E-state index in [9.17, 15) is 0 Å². The van der Waals surface area contributed by atoms with Gasteiger partial charge in [0.1, 0.15) is 5.65 Å². The second-order valence-electron chi connectivity index (χ2n) is 4.88. The molecule has 0 unspecified atom stereocenters. The third-order valence-corrected chi connectivity index (χ3v) is 3.65. The summed E-state index contributed by atoms with van der Waals surface area (Å²) in [5, 5.41) is 1.20. The van der Waals surface area contributed by atoms with E-state index in [4.69, 9.17) is 0 Å². The van der Waals surface area contributed by atoms with E-state index in [1.54, 1.807) is 0 Å². The molecule has 0 N–H and O–H groups in total. The van der Waals surface area contributed by atoms with Crippen molar-refractivity contribution in [2.45, 2.75) is 34.1 Å². The van der Waals surface area contributed by atoms with E-state index in [1.165, 1.54) is 16.6 Å². The summed E-state index contributed by atoms with van der Waals surface area (Å²) in [4.78, 5) is 4.59. The van der Waals surface area contributed by atoms with Crippen molar-refractivity contribution in [3.05, 3.63) is 72.1 Å². The van der Waals surface area contributed by atoms with Gasteiger partial charge < -0.3 is 0 Å². The molecule has 0 saturated carbocycles. The first-order valence-electron chi connectivity index (χ1n) is 8.83. The zero-order valence-electron chi connectivity index (χ0n) is 15.0. The number of benzene rings is 1. The standard InChI is InChI=1S/C18H14N2.2C2H6/c1-3-8-14(9-4-1)20-17-12-6-2-5-10-15(17)16-11-7-13-19-18(16)20;2*1-2/h1,3-13H,2H2;2*1-2H3. The molecule has 3 aromatic rings. The fourth-order valence-electron chi connectivity index (χ4n) is 2.78. The Morgan fingerprint density at radius 2 is 1.54 bits per heavy atom. The second-order valence-corrected chi connectivity index (χ2v) is 4.88. The number of para-hydroxylation sites is 1. The summed E-state index contributed by atoms with van der Waals surface area (Å²) < 4.78 is 2.23. The van der Waals surface area contributed by atoms with Crippen LogP contribution in [-0.2, 0) is 0 Å². The first-order valence-corrected chi connectivity index (χ1v) is 8.83. The molecular formula is C22H26N2. The maximum absolute atomic E-state index is 4.59. The maximum atomic E-state index is 4.59. The van der Waals surface area contributed by atoms with Gasteiger partial charge in [0.2, 0.25) is 0 Å². The number of aromatic nitrogens is 2. The Morgan fingerprint density at radius 1 is 0.833 bits per heavy atom. The van der Waals surface area contributed by atoms with Crippen LogP contribution in [0.3, 0.4) is 0 Å². The monoisotopic (exact) mass is 318 g/mol. The topological polar surface area (TPSA) is 17.8 Å². The van der Waals surface area contributed by atoms with Crippen molar-refractivity contribution in [2.75, 3.05) is 0 Å². The molecular weight excluding hydrogens is 292 g/mol. The van der Waals surface area contributed by atoms with E-state index >= 15 is 0 Å². The average molecular weight is 318 g/mol. The molecule has 1 aliphatic carbocycles. The van der Waals surface area contributed by atoms with Gasteiger partial charge in [0, 0.05) is 22.8 Å². The Hall–Kier alpha value is -2.61. The van der Waals surface area contributed by atoms with Crippen molar-refractivity contribution in [2.24, 2.45) is 0 Å². The van der Waals surface area contributed by atoms with E-state index in [0.29, 0.717) is 0 Å². The van der Waals surface area contributed by atoms with Gasteiger partial charge in [-0.3, -0.25) is 4.57 Å². The Balaban J connectivity index is 0.000000487. The van der Waals surface area contributed by atoms with Crippen LogP contribution in [0.5, 0.6) is 0 Å². The van der Waals surface area contributed by atoms with Crippen LogP contribution in [0.2, 0.25) is 0 Å². The molecule has 0 saturated heterocycles. The van der Waals surface area contributed by atoms with E-state index in [1.807, 2.05) is 46.0 Å².